The summed E-state index contributed by atoms with van der Waals surface area (Å²) in [4.78, 5) is 27.2. The lowest BCUT2D eigenvalue weighted by Crippen LogP contribution is -2.55. The number of carbonyl (C=O) groups is 1. The van der Waals surface area contributed by atoms with Gasteiger partial charge in [0.1, 0.15) is 17.0 Å². The zero-order valence-corrected chi connectivity index (χ0v) is 16.0. The van der Waals surface area contributed by atoms with Gasteiger partial charge in [0.05, 0.1) is 11.3 Å². The molecule has 1 N–H and O–H groups in total. The minimum Gasteiger partial charge on any atom is -0.355 e. The van der Waals surface area contributed by atoms with Gasteiger partial charge in [0, 0.05) is 38.8 Å². The largest absolute Gasteiger partial charge is 0.355 e. The topological polar surface area (TPSA) is 61.4 Å². The van der Waals surface area contributed by atoms with Crippen molar-refractivity contribution < 1.29 is 4.79 Å². The molecule has 2 aliphatic heterocycles. The molecule has 8 heteroatoms. The Hall–Kier alpha value is -1.44. The second kappa shape index (κ2) is 7.85. The van der Waals surface area contributed by atoms with Gasteiger partial charge in [-0.1, -0.05) is 0 Å². The first-order valence-electron chi connectivity index (χ1n) is 8.68. The summed E-state index contributed by atoms with van der Waals surface area (Å²) in [6.07, 6.45) is 3.65. The third kappa shape index (κ3) is 3.59. The zero-order chi connectivity index (χ0) is 16.5. The van der Waals surface area contributed by atoms with Gasteiger partial charge >= 0.3 is 0 Å². The van der Waals surface area contributed by atoms with Crippen LogP contribution in [0, 0.1) is 5.92 Å². The summed E-state index contributed by atoms with van der Waals surface area (Å²) in [5.41, 5.74) is 0. The van der Waals surface area contributed by atoms with Gasteiger partial charge in [-0.3, -0.25) is 4.79 Å². The van der Waals surface area contributed by atoms with Crippen molar-refractivity contribution in [3.8, 4) is 0 Å². The van der Waals surface area contributed by atoms with Crippen molar-refractivity contribution in [1.82, 2.24) is 20.2 Å². The Morgan fingerprint density at radius 3 is 3.08 bits per heavy atom. The van der Waals surface area contributed by atoms with Gasteiger partial charge in [-0.05, 0) is 31.2 Å². The quantitative estimate of drug-likeness (QED) is 0.863. The zero-order valence-electron chi connectivity index (χ0n) is 14.4. The van der Waals surface area contributed by atoms with E-state index in [2.05, 4.69) is 43.5 Å². The normalized spacial score (nSPS) is 24.2. The van der Waals surface area contributed by atoms with E-state index >= 15 is 0 Å². The Labute approximate surface area is 158 Å². The van der Waals surface area contributed by atoms with Crippen LogP contribution in [0.1, 0.15) is 19.8 Å². The van der Waals surface area contributed by atoms with Gasteiger partial charge in [-0.25, -0.2) is 9.97 Å². The van der Waals surface area contributed by atoms with Crippen LogP contribution in [0.25, 0.3) is 10.2 Å². The van der Waals surface area contributed by atoms with Gasteiger partial charge in [0.25, 0.3) is 0 Å². The molecule has 0 saturated carbocycles. The standard InChI is InChI=1S/C17H23N5OS.ClH/c1-12-9-18-5-7-22(12)17(23)13-3-2-6-21(10-13)15-14-4-8-24-16(14)20-11-19-15;/h4,8,11-13,18H,2-3,5-7,9-10H2,1H3;1H/t12-,13?;/m0./s1. The van der Waals surface area contributed by atoms with Crippen LogP contribution in [0.4, 0.5) is 5.82 Å². The molecule has 1 amide bonds. The summed E-state index contributed by atoms with van der Waals surface area (Å²) in [6.45, 7) is 6.46. The van der Waals surface area contributed by atoms with Crippen molar-refractivity contribution in [2.75, 3.05) is 37.6 Å². The number of nitrogens with zero attached hydrogens (tertiary/aromatic N) is 4. The average Bonchev–Trinajstić information content (AvgIpc) is 3.10. The Kier molecular flexibility index (Phi) is 5.76. The van der Waals surface area contributed by atoms with Crippen LogP contribution in [0.5, 0.6) is 0 Å². The molecule has 136 valence electrons. The van der Waals surface area contributed by atoms with Crippen LogP contribution in [0.3, 0.4) is 0 Å². The Morgan fingerprint density at radius 2 is 2.24 bits per heavy atom. The third-order valence-electron chi connectivity index (χ3n) is 5.10. The molecule has 2 atom stereocenters. The van der Waals surface area contributed by atoms with Crippen LogP contribution in [-0.2, 0) is 4.79 Å². The summed E-state index contributed by atoms with van der Waals surface area (Å²) in [6, 6.07) is 2.36. The molecule has 4 rings (SSSR count). The first-order valence-corrected chi connectivity index (χ1v) is 9.56. The fourth-order valence-electron chi connectivity index (χ4n) is 3.80. The Morgan fingerprint density at radius 1 is 1.36 bits per heavy atom. The first kappa shape index (κ1) is 18.4. The molecule has 0 aromatic carbocycles. The summed E-state index contributed by atoms with van der Waals surface area (Å²) in [5, 5.41) is 6.51. The molecule has 2 fully saturated rings. The van der Waals surface area contributed by atoms with E-state index in [0.717, 1.165) is 61.6 Å². The van der Waals surface area contributed by atoms with Crippen LogP contribution in [0.2, 0.25) is 0 Å². The Balaban J connectivity index is 0.00000182. The van der Waals surface area contributed by atoms with E-state index in [1.165, 1.54) is 0 Å². The van der Waals surface area contributed by atoms with E-state index in [4.69, 9.17) is 0 Å². The van der Waals surface area contributed by atoms with E-state index in [1.807, 2.05) is 0 Å². The number of piperazine rings is 1. The molecule has 6 nitrogen and oxygen atoms in total. The number of thiophene rings is 1. The number of hydrogen-bond acceptors (Lipinski definition) is 6. The maximum Gasteiger partial charge on any atom is 0.227 e. The van der Waals surface area contributed by atoms with E-state index < -0.39 is 0 Å². The van der Waals surface area contributed by atoms with Gasteiger partial charge in [-0.15, -0.1) is 23.7 Å². The predicted octanol–water partition coefficient (Wildman–Crippen LogP) is 2.15. The molecule has 0 radical (unpaired) electrons. The molecular formula is C17H24ClN5OS. The van der Waals surface area contributed by atoms with Crippen molar-refractivity contribution in [2.45, 2.75) is 25.8 Å². The molecule has 2 aromatic heterocycles. The van der Waals surface area contributed by atoms with Crippen molar-refractivity contribution in [1.29, 1.82) is 0 Å². The highest BCUT2D eigenvalue weighted by molar-refractivity contribution is 7.16. The number of carbonyl (C=O) groups excluding carboxylic acids is 1. The van der Waals surface area contributed by atoms with Gasteiger partial charge in [0.2, 0.25) is 5.91 Å². The fraction of sp³-hybridized carbons (Fsp3) is 0.588. The van der Waals surface area contributed by atoms with Gasteiger partial charge in [0.15, 0.2) is 0 Å². The highest BCUT2D eigenvalue weighted by Gasteiger charge is 2.33. The van der Waals surface area contributed by atoms with E-state index in [0.29, 0.717) is 5.91 Å². The van der Waals surface area contributed by atoms with Crippen LogP contribution >= 0.6 is 23.7 Å². The van der Waals surface area contributed by atoms with E-state index in [1.54, 1.807) is 17.7 Å². The minimum absolute atomic E-state index is 0. The maximum absolute atomic E-state index is 13.0. The predicted molar refractivity (Wildman–Crippen MR) is 104 cm³/mol. The molecule has 0 spiro atoms. The van der Waals surface area contributed by atoms with Gasteiger partial charge < -0.3 is 15.1 Å². The summed E-state index contributed by atoms with van der Waals surface area (Å²) in [5.74, 6) is 1.36. The number of fused-ring (bicyclic) bond motifs is 1. The highest BCUT2D eigenvalue weighted by Crippen LogP contribution is 2.30. The number of nitrogens with one attached hydrogen (secondary N) is 1. The smallest absolute Gasteiger partial charge is 0.227 e. The molecule has 25 heavy (non-hydrogen) atoms. The number of aromatic nitrogens is 2. The molecular weight excluding hydrogens is 358 g/mol. The number of rotatable bonds is 2. The second-order valence-corrected chi connectivity index (χ2v) is 7.60. The second-order valence-electron chi connectivity index (χ2n) is 6.71. The molecule has 2 aromatic rings. The maximum atomic E-state index is 13.0. The molecule has 4 heterocycles. The lowest BCUT2D eigenvalue weighted by atomic mass is 9.95. The third-order valence-corrected chi connectivity index (χ3v) is 5.92. The molecule has 2 saturated heterocycles. The Bertz CT molecular complexity index is 739. The van der Waals surface area contributed by atoms with Crippen molar-refractivity contribution in [2.24, 2.45) is 5.92 Å². The number of anilines is 1. The average molecular weight is 382 g/mol. The number of amides is 1. The first-order chi connectivity index (χ1) is 11.7. The van der Waals surface area contributed by atoms with Crippen LogP contribution < -0.4 is 10.2 Å². The van der Waals surface area contributed by atoms with Gasteiger partial charge in [-0.2, -0.15) is 0 Å². The molecule has 2 aliphatic rings. The fourth-order valence-corrected chi connectivity index (χ4v) is 4.53. The van der Waals surface area contributed by atoms with Crippen LogP contribution in [0.15, 0.2) is 17.8 Å². The lowest BCUT2D eigenvalue weighted by Gasteiger charge is -2.39. The summed E-state index contributed by atoms with van der Waals surface area (Å²) >= 11 is 1.64. The molecule has 0 aliphatic carbocycles. The lowest BCUT2D eigenvalue weighted by molar-refractivity contribution is -0.138. The summed E-state index contributed by atoms with van der Waals surface area (Å²) in [7, 11) is 0. The monoisotopic (exact) mass is 381 g/mol. The minimum atomic E-state index is 0. The summed E-state index contributed by atoms with van der Waals surface area (Å²) < 4.78 is 0. The van der Waals surface area contributed by atoms with Crippen LogP contribution in [-0.4, -0.2) is 59.5 Å². The van der Waals surface area contributed by atoms with E-state index in [9.17, 15) is 4.79 Å². The van der Waals surface area contributed by atoms with Crippen molar-refractivity contribution in [3.63, 3.8) is 0 Å². The number of halogens is 1. The van der Waals surface area contributed by atoms with E-state index in [-0.39, 0.29) is 24.4 Å². The van der Waals surface area contributed by atoms with Crippen molar-refractivity contribution >= 4 is 45.7 Å². The SMILES string of the molecule is C[C@H]1CNCCN1C(=O)C1CCCN(c2ncnc3sccc23)C1.Cl. The molecule has 1 unspecified atom stereocenters. The van der Waals surface area contributed by atoms with Crippen molar-refractivity contribution in [3.05, 3.63) is 17.8 Å². The highest BCUT2D eigenvalue weighted by atomic mass is 35.5. The number of hydrogen-bond donors (Lipinski definition) is 1. The molecule has 0 bridgehead atoms. The number of piperidine rings is 1.